The summed E-state index contributed by atoms with van der Waals surface area (Å²) >= 11 is 3.35. The molecular weight excluding hydrogens is 324 g/mol. The molecule has 20 heavy (non-hydrogen) atoms. The number of rotatable bonds is 4. The zero-order valence-electron chi connectivity index (χ0n) is 11.9. The molecule has 1 rings (SSSR count). The molecule has 0 aliphatic heterocycles. The van der Waals surface area contributed by atoms with E-state index in [0.717, 1.165) is 0 Å². The van der Waals surface area contributed by atoms with Gasteiger partial charge in [-0.25, -0.2) is 4.79 Å². The molecule has 0 saturated heterocycles. The summed E-state index contributed by atoms with van der Waals surface area (Å²) in [6.07, 6.45) is -0.719. The van der Waals surface area contributed by atoms with E-state index in [1.807, 2.05) is 0 Å². The molecule has 1 aromatic carbocycles. The third kappa shape index (κ3) is 5.48. The van der Waals surface area contributed by atoms with Crippen LogP contribution in [-0.2, 0) is 4.74 Å². The summed E-state index contributed by atoms with van der Waals surface area (Å²) in [6.45, 7) is 5.78. The van der Waals surface area contributed by atoms with Crippen molar-refractivity contribution in [2.24, 2.45) is 5.73 Å². The van der Waals surface area contributed by atoms with E-state index in [9.17, 15) is 9.90 Å². The Labute approximate surface area is 127 Å². The van der Waals surface area contributed by atoms with Gasteiger partial charge in [0, 0.05) is 4.47 Å². The van der Waals surface area contributed by atoms with Gasteiger partial charge in [-0.1, -0.05) is 6.07 Å². The van der Waals surface area contributed by atoms with Gasteiger partial charge in [0.25, 0.3) is 0 Å². The number of ether oxygens (including phenoxy) is 1. The number of carbonyl (C=O) groups is 1. The molecule has 5 nitrogen and oxygen atoms in total. The molecule has 0 fully saturated rings. The smallest absolute Gasteiger partial charge is 0.412 e. The third-order valence-electron chi connectivity index (χ3n) is 2.45. The molecule has 0 unspecified atom stereocenters. The predicted octanol–water partition coefficient (Wildman–Crippen LogP) is 3.18. The summed E-state index contributed by atoms with van der Waals surface area (Å²) < 4.78 is 5.91. The summed E-state index contributed by atoms with van der Waals surface area (Å²) in [6, 6.07) is 5.25. The van der Waals surface area contributed by atoms with Crippen LogP contribution < -0.4 is 11.1 Å². The molecule has 4 N–H and O–H groups in total. The molecule has 0 bridgehead atoms. The maximum absolute atomic E-state index is 11.8. The Morgan fingerprint density at radius 3 is 2.70 bits per heavy atom. The van der Waals surface area contributed by atoms with Gasteiger partial charge in [-0.2, -0.15) is 0 Å². The van der Waals surface area contributed by atoms with Crippen molar-refractivity contribution in [3.63, 3.8) is 0 Å². The Morgan fingerprint density at radius 1 is 1.50 bits per heavy atom. The third-order valence-corrected chi connectivity index (χ3v) is 3.14. The first-order valence-electron chi connectivity index (χ1n) is 6.40. The Balaban J connectivity index is 2.84. The molecule has 0 heterocycles. The minimum Gasteiger partial charge on any atom is -0.444 e. The van der Waals surface area contributed by atoms with Gasteiger partial charge in [0.2, 0.25) is 0 Å². The van der Waals surface area contributed by atoms with E-state index in [1.54, 1.807) is 39.0 Å². The maximum Gasteiger partial charge on any atom is 0.412 e. The number of nitrogens with two attached hydrogens (primary N) is 1. The van der Waals surface area contributed by atoms with Crippen molar-refractivity contribution in [2.45, 2.75) is 38.9 Å². The van der Waals surface area contributed by atoms with Crippen molar-refractivity contribution in [1.82, 2.24) is 0 Å². The first-order chi connectivity index (χ1) is 9.23. The van der Waals surface area contributed by atoms with Gasteiger partial charge >= 0.3 is 6.09 Å². The van der Waals surface area contributed by atoms with Gasteiger partial charge in [-0.3, -0.25) is 5.32 Å². The van der Waals surface area contributed by atoms with Crippen molar-refractivity contribution in [2.75, 3.05) is 11.9 Å². The molecule has 1 atom stereocenters. The fraction of sp³-hybridized carbons (Fsp3) is 0.500. The topological polar surface area (TPSA) is 84.6 Å². The van der Waals surface area contributed by atoms with E-state index >= 15 is 0 Å². The van der Waals surface area contributed by atoms with Crippen molar-refractivity contribution >= 4 is 27.7 Å². The van der Waals surface area contributed by atoms with Gasteiger partial charge in [0.1, 0.15) is 5.60 Å². The summed E-state index contributed by atoms with van der Waals surface area (Å²) in [7, 11) is 0. The highest BCUT2D eigenvalue weighted by molar-refractivity contribution is 9.10. The molecule has 0 spiro atoms. The maximum atomic E-state index is 11.8. The number of hydrogen-bond donors (Lipinski definition) is 3. The quantitative estimate of drug-likeness (QED) is 0.783. The van der Waals surface area contributed by atoms with E-state index in [1.165, 1.54) is 0 Å². The molecule has 0 aromatic heterocycles. The van der Waals surface area contributed by atoms with Crippen LogP contribution in [0.1, 0.15) is 38.9 Å². The monoisotopic (exact) mass is 344 g/mol. The van der Waals surface area contributed by atoms with Crippen molar-refractivity contribution < 1.29 is 14.6 Å². The lowest BCUT2D eigenvalue weighted by molar-refractivity contribution is 0.0635. The van der Waals surface area contributed by atoms with Gasteiger partial charge in [0.15, 0.2) is 0 Å². The molecule has 0 radical (unpaired) electrons. The number of aliphatic hydroxyl groups is 1. The molecular formula is C14H21BrN2O3. The lowest BCUT2D eigenvalue weighted by Crippen LogP contribution is -2.27. The highest BCUT2D eigenvalue weighted by Gasteiger charge is 2.17. The van der Waals surface area contributed by atoms with Crippen LogP contribution in [0.25, 0.3) is 0 Å². The number of hydrogen-bond acceptors (Lipinski definition) is 4. The SMILES string of the molecule is CC(C)(C)OC(=O)Nc1cc([C@@H](O)CCN)ccc1Br. The number of nitrogens with one attached hydrogen (secondary N) is 1. The lowest BCUT2D eigenvalue weighted by Gasteiger charge is -2.20. The van der Waals surface area contributed by atoms with Crippen LogP contribution in [0, 0.1) is 0 Å². The van der Waals surface area contributed by atoms with Crippen LogP contribution >= 0.6 is 15.9 Å². The normalized spacial score (nSPS) is 12.9. The Morgan fingerprint density at radius 2 is 2.15 bits per heavy atom. The highest BCUT2D eigenvalue weighted by atomic mass is 79.9. The zero-order valence-corrected chi connectivity index (χ0v) is 13.5. The molecule has 0 aliphatic rings. The summed E-state index contributed by atoms with van der Waals surface area (Å²) in [4.78, 5) is 11.8. The molecule has 1 amide bonds. The second kappa shape index (κ2) is 7.06. The van der Waals surface area contributed by atoms with Gasteiger partial charge in [-0.15, -0.1) is 0 Å². The zero-order chi connectivity index (χ0) is 15.3. The van der Waals surface area contributed by atoms with Gasteiger partial charge in [0.05, 0.1) is 11.8 Å². The van der Waals surface area contributed by atoms with E-state index in [4.69, 9.17) is 10.5 Å². The Hall–Kier alpha value is -1.11. The minimum atomic E-state index is -0.646. The average molecular weight is 345 g/mol. The number of carbonyl (C=O) groups excluding carboxylic acids is 1. The molecule has 112 valence electrons. The second-order valence-electron chi connectivity index (χ2n) is 5.46. The predicted molar refractivity (Wildman–Crippen MR) is 82.6 cm³/mol. The number of anilines is 1. The van der Waals surface area contributed by atoms with Crippen LogP contribution in [0.3, 0.4) is 0 Å². The summed E-state index contributed by atoms with van der Waals surface area (Å²) in [5.74, 6) is 0. The standard InChI is InChI=1S/C14H21BrN2O3/c1-14(2,3)20-13(19)17-11-8-9(4-5-10(11)15)12(18)6-7-16/h4-5,8,12,18H,6-7,16H2,1-3H3,(H,17,19)/t12-/m0/s1. The van der Waals surface area contributed by atoms with E-state index in [2.05, 4.69) is 21.2 Å². The van der Waals surface area contributed by atoms with Crippen LogP contribution in [0.5, 0.6) is 0 Å². The van der Waals surface area contributed by atoms with Crippen molar-refractivity contribution in [3.8, 4) is 0 Å². The molecule has 0 aliphatic carbocycles. The first-order valence-corrected chi connectivity index (χ1v) is 7.20. The molecule has 0 saturated carbocycles. The van der Waals surface area contributed by atoms with Crippen molar-refractivity contribution in [1.29, 1.82) is 0 Å². The average Bonchev–Trinajstić information content (AvgIpc) is 2.29. The lowest BCUT2D eigenvalue weighted by atomic mass is 10.1. The van der Waals surface area contributed by atoms with Crippen molar-refractivity contribution in [3.05, 3.63) is 28.2 Å². The highest BCUT2D eigenvalue weighted by Crippen LogP contribution is 2.28. The van der Waals surface area contributed by atoms with Gasteiger partial charge in [-0.05, 0) is 67.4 Å². The fourth-order valence-corrected chi connectivity index (χ4v) is 1.93. The second-order valence-corrected chi connectivity index (χ2v) is 6.31. The van der Waals surface area contributed by atoms with Crippen LogP contribution in [0.4, 0.5) is 10.5 Å². The fourth-order valence-electron chi connectivity index (χ4n) is 1.58. The minimum absolute atomic E-state index is 0.395. The van der Waals surface area contributed by atoms with E-state index in [-0.39, 0.29) is 0 Å². The molecule has 6 heteroatoms. The first kappa shape index (κ1) is 16.9. The Kier molecular flexibility index (Phi) is 5.98. The largest absolute Gasteiger partial charge is 0.444 e. The van der Waals surface area contributed by atoms with E-state index in [0.29, 0.717) is 28.7 Å². The number of benzene rings is 1. The number of aliphatic hydroxyl groups excluding tert-OH is 1. The Bertz CT molecular complexity index is 472. The number of halogens is 1. The van der Waals surface area contributed by atoms with E-state index < -0.39 is 17.8 Å². The van der Waals surface area contributed by atoms with Crippen LogP contribution in [-0.4, -0.2) is 23.3 Å². The summed E-state index contributed by atoms with van der Waals surface area (Å²) in [5.41, 5.74) is 6.11. The molecule has 1 aromatic rings. The number of amides is 1. The van der Waals surface area contributed by atoms with Crippen LogP contribution in [0.15, 0.2) is 22.7 Å². The van der Waals surface area contributed by atoms with Gasteiger partial charge < -0.3 is 15.6 Å². The summed E-state index contributed by atoms with van der Waals surface area (Å²) in [5, 5.41) is 12.6. The van der Waals surface area contributed by atoms with Crippen LogP contribution in [0.2, 0.25) is 0 Å².